The Hall–Kier alpha value is -2.14. The third-order valence-electron chi connectivity index (χ3n) is 2.77. The molecule has 0 fully saturated rings. The van der Waals surface area contributed by atoms with Gasteiger partial charge in [-0.05, 0) is 60.5 Å². The maximum atomic E-state index is 10.6. The zero-order chi connectivity index (χ0) is 15.2. The van der Waals surface area contributed by atoms with Gasteiger partial charge in [-0.15, -0.1) is 0 Å². The van der Waals surface area contributed by atoms with E-state index in [0.29, 0.717) is 5.75 Å². The smallest absolute Gasteiger partial charge is 0.255 e. The minimum absolute atomic E-state index is 0.119. The summed E-state index contributed by atoms with van der Waals surface area (Å²) < 4.78 is 6.26. The average Bonchev–Trinajstić information content (AvgIpc) is 2.47. The van der Waals surface area contributed by atoms with Crippen molar-refractivity contribution < 1.29 is 9.53 Å². The van der Waals surface area contributed by atoms with Crippen LogP contribution in [0.5, 0.6) is 5.75 Å². The molecular weight excluding hydrogens is 332 g/mol. The summed E-state index contributed by atoms with van der Waals surface area (Å²) in [4.78, 5) is 15.0. The number of benzene rings is 2. The summed E-state index contributed by atoms with van der Waals surface area (Å²) in [5, 5.41) is 0. The molecule has 0 aromatic heterocycles. The molecule has 5 heteroatoms. The molecule has 2 N–H and O–H groups in total. The normalized spacial score (nSPS) is 10.8. The van der Waals surface area contributed by atoms with Gasteiger partial charge in [-0.1, -0.05) is 15.9 Å². The molecule has 108 valence electrons. The zero-order valence-electron chi connectivity index (χ0n) is 11.5. The number of nitrogens with two attached hydrogens (primary N) is 1. The maximum Gasteiger partial charge on any atom is 0.255 e. The minimum atomic E-state index is -0.494. The molecule has 0 spiro atoms. The van der Waals surface area contributed by atoms with Gasteiger partial charge in [-0.2, -0.15) is 0 Å². The first-order valence-electron chi connectivity index (χ1n) is 6.36. The molecule has 0 aliphatic heterocycles. The van der Waals surface area contributed by atoms with E-state index in [9.17, 15) is 4.79 Å². The van der Waals surface area contributed by atoms with Crippen molar-refractivity contribution in [2.45, 2.75) is 6.92 Å². The van der Waals surface area contributed by atoms with E-state index in [4.69, 9.17) is 10.5 Å². The lowest BCUT2D eigenvalue weighted by atomic mass is 10.2. The van der Waals surface area contributed by atoms with E-state index >= 15 is 0 Å². The second-order valence-corrected chi connectivity index (χ2v) is 5.37. The highest BCUT2D eigenvalue weighted by Crippen LogP contribution is 2.22. The zero-order valence-corrected chi connectivity index (χ0v) is 13.1. The van der Waals surface area contributed by atoms with Crippen LogP contribution >= 0.6 is 15.9 Å². The Morgan fingerprint density at radius 2 is 2.00 bits per heavy atom. The predicted octanol–water partition coefficient (Wildman–Crippen LogP) is 3.37. The Morgan fingerprint density at radius 1 is 1.29 bits per heavy atom. The third-order valence-corrected chi connectivity index (χ3v) is 3.66. The Bertz CT molecular complexity index is 666. The molecule has 0 aliphatic carbocycles. The number of carbonyl (C=O) groups excluding carboxylic acids is 1. The predicted molar refractivity (Wildman–Crippen MR) is 87.3 cm³/mol. The molecule has 2 rings (SSSR count). The molecule has 0 aliphatic rings. The number of nitrogens with zero attached hydrogens (tertiary/aromatic N) is 1. The van der Waals surface area contributed by atoms with Crippen molar-refractivity contribution >= 4 is 33.7 Å². The van der Waals surface area contributed by atoms with Crippen molar-refractivity contribution in [1.29, 1.82) is 0 Å². The van der Waals surface area contributed by atoms with Gasteiger partial charge in [0.2, 0.25) is 0 Å². The van der Waals surface area contributed by atoms with Gasteiger partial charge in [0.05, 0.1) is 5.69 Å². The van der Waals surface area contributed by atoms with Gasteiger partial charge in [-0.25, -0.2) is 0 Å². The number of primary amides is 1. The van der Waals surface area contributed by atoms with Crippen LogP contribution < -0.4 is 10.5 Å². The van der Waals surface area contributed by atoms with Gasteiger partial charge in [0, 0.05) is 10.7 Å². The van der Waals surface area contributed by atoms with E-state index in [1.54, 1.807) is 18.3 Å². The summed E-state index contributed by atoms with van der Waals surface area (Å²) in [7, 11) is 0. The topological polar surface area (TPSA) is 64.7 Å². The van der Waals surface area contributed by atoms with Gasteiger partial charge in [0.15, 0.2) is 6.61 Å². The molecule has 0 saturated carbocycles. The Morgan fingerprint density at radius 3 is 2.62 bits per heavy atom. The summed E-state index contributed by atoms with van der Waals surface area (Å²) in [6.07, 6.45) is 1.78. The lowest BCUT2D eigenvalue weighted by Gasteiger charge is -2.03. The number of hydrogen-bond donors (Lipinski definition) is 1. The summed E-state index contributed by atoms with van der Waals surface area (Å²) in [6, 6.07) is 13.2. The average molecular weight is 347 g/mol. The van der Waals surface area contributed by atoms with Crippen LogP contribution in [0, 0.1) is 6.92 Å². The number of carbonyl (C=O) groups is 1. The first kappa shape index (κ1) is 15.3. The summed E-state index contributed by atoms with van der Waals surface area (Å²) >= 11 is 3.46. The molecule has 2 aromatic rings. The summed E-state index contributed by atoms with van der Waals surface area (Å²) in [5.41, 5.74) is 7.99. The lowest BCUT2D eigenvalue weighted by Crippen LogP contribution is -2.19. The van der Waals surface area contributed by atoms with Gasteiger partial charge >= 0.3 is 0 Å². The molecule has 0 heterocycles. The van der Waals surface area contributed by atoms with Crippen LogP contribution in [0.15, 0.2) is 51.9 Å². The fourth-order valence-corrected chi connectivity index (χ4v) is 1.91. The molecule has 4 nitrogen and oxygen atoms in total. The molecule has 0 radical (unpaired) electrons. The quantitative estimate of drug-likeness (QED) is 0.843. The number of halogens is 1. The highest BCUT2D eigenvalue weighted by Gasteiger charge is 1.98. The van der Waals surface area contributed by atoms with Crippen LogP contribution in [0.25, 0.3) is 0 Å². The van der Waals surface area contributed by atoms with E-state index in [2.05, 4.69) is 20.9 Å². The fourth-order valence-electron chi connectivity index (χ4n) is 1.66. The monoisotopic (exact) mass is 346 g/mol. The van der Waals surface area contributed by atoms with Crippen molar-refractivity contribution in [3.63, 3.8) is 0 Å². The number of hydrogen-bond acceptors (Lipinski definition) is 3. The summed E-state index contributed by atoms with van der Waals surface area (Å²) in [5.74, 6) is 0.108. The van der Waals surface area contributed by atoms with Crippen LogP contribution in [0.2, 0.25) is 0 Å². The van der Waals surface area contributed by atoms with Gasteiger partial charge < -0.3 is 10.5 Å². The van der Waals surface area contributed by atoms with E-state index in [1.807, 2.05) is 37.3 Å². The standard InChI is InChI=1S/C16H15BrN2O2/c1-11-8-13(4-7-15(11)17)19-9-12-2-5-14(6-3-12)21-10-16(18)20/h2-9H,10H2,1H3,(H2,18,20). The Kier molecular flexibility index (Phi) is 5.11. The van der Waals surface area contributed by atoms with Crippen LogP contribution in [0.3, 0.4) is 0 Å². The van der Waals surface area contributed by atoms with Crippen LogP contribution in [0.4, 0.5) is 5.69 Å². The van der Waals surface area contributed by atoms with Crippen LogP contribution in [-0.4, -0.2) is 18.7 Å². The fraction of sp³-hybridized carbons (Fsp3) is 0.125. The number of ether oxygens (including phenoxy) is 1. The lowest BCUT2D eigenvalue weighted by molar-refractivity contribution is -0.119. The number of aryl methyl sites for hydroxylation is 1. The number of aliphatic imine (C=N–C) groups is 1. The molecule has 21 heavy (non-hydrogen) atoms. The maximum absolute atomic E-state index is 10.6. The minimum Gasteiger partial charge on any atom is -0.484 e. The first-order valence-corrected chi connectivity index (χ1v) is 7.15. The van der Waals surface area contributed by atoms with Gasteiger partial charge in [0.1, 0.15) is 5.75 Å². The van der Waals surface area contributed by atoms with E-state index < -0.39 is 5.91 Å². The number of rotatable bonds is 5. The highest BCUT2D eigenvalue weighted by molar-refractivity contribution is 9.10. The van der Waals surface area contributed by atoms with Crippen LogP contribution in [0.1, 0.15) is 11.1 Å². The Balaban J connectivity index is 2.03. The first-order chi connectivity index (χ1) is 10.0. The van der Waals surface area contributed by atoms with Gasteiger partial charge in [-0.3, -0.25) is 9.79 Å². The van der Waals surface area contributed by atoms with E-state index in [0.717, 1.165) is 21.3 Å². The Labute approximate surface area is 131 Å². The second kappa shape index (κ2) is 7.04. The molecular formula is C16H15BrN2O2. The third kappa shape index (κ3) is 4.72. The van der Waals surface area contributed by atoms with Crippen molar-refractivity contribution in [3.05, 3.63) is 58.1 Å². The second-order valence-electron chi connectivity index (χ2n) is 4.52. The molecule has 0 unspecified atom stereocenters. The SMILES string of the molecule is Cc1cc(N=Cc2ccc(OCC(N)=O)cc2)ccc1Br. The van der Waals surface area contributed by atoms with E-state index in [-0.39, 0.29) is 6.61 Å². The molecule has 0 atom stereocenters. The van der Waals surface area contributed by atoms with Crippen molar-refractivity contribution in [1.82, 2.24) is 0 Å². The number of amides is 1. The van der Waals surface area contributed by atoms with Crippen LogP contribution in [-0.2, 0) is 4.79 Å². The molecule has 1 amide bonds. The molecule has 2 aromatic carbocycles. The summed E-state index contributed by atoms with van der Waals surface area (Å²) in [6.45, 7) is 1.90. The van der Waals surface area contributed by atoms with Gasteiger partial charge in [0.25, 0.3) is 5.91 Å². The van der Waals surface area contributed by atoms with Crippen molar-refractivity contribution in [2.75, 3.05) is 6.61 Å². The highest BCUT2D eigenvalue weighted by atomic mass is 79.9. The molecule has 0 saturated heterocycles. The molecule has 0 bridgehead atoms. The largest absolute Gasteiger partial charge is 0.484 e. The van der Waals surface area contributed by atoms with Crippen molar-refractivity contribution in [2.24, 2.45) is 10.7 Å². The van der Waals surface area contributed by atoms with Crippen molar-refractivity contribution in [3.8, 4) is 5.75 Å². The van der Waals surface area contributed by atoms with E-state index in [1.165, 1.54) is 0 Å².